The van der Waals surface area contributed by atoms with E-state index in [-0.39, 0.29) is 11.9 Å². The van der Waals surface area contributed by atoms with E-state index in [2.05, 4.69) is 15.2 Å². The van der Waals surface area contributed by atoms with Crippen LogP contribution in [0.25, 0.3) is 0 Å². The molecule has 2 heterocycles. The fraction of sp³-hybridized carbons (Fsp3) is 0.600. The van der Waals surface area contributed by atoms with Gasteiger partial charge in [-0.15, -0.1) is 0 Å². The highest BCUT2D eigenvalue weighted by atomic mass is 16.1. The summed E-state index contributed by atoms with van der Waals surface area (Å²) in [5, 5.41) is 3.17. The number of nitrogens with zero attached hydrogens (tertiary/aromatic N) is 3. The van der Waals surface area contributed by atoms with E-state index in [0.717, 1.165) is 18.9 Å². The quantitative estimate of drug-likeness (QED) is 0.666. The zero-order valence-electron chi connectivity index (χ0n) is 9.39. The highest BCUT2D eigenvalue weighted by Gasteiger charge is 2.27. The molecule has 2 rings (SSSR count). The highest BCUT2D eigenvalue weighted by molar-refractivity contribution is 5.80. The number of rotatable bonds is 3. The largest absolute Gasteiger partial charge is 0.368 e. The van der Waals surface area contributed by atoms with Crippen molar-refractivity contribution in [2.45, 2.75) is 12.6 Å². The second kappa shape index (κ2) is 4.63. The molecule has 0 radical (unpaired) electrons. The van der Waals surface area contributed by atoms with Gasteiger partial charge in [0.2, 0.25) is 5.91 Å². The van der Waals surface area contributed by atoms with Crippen molar-refractivity contribution in [2.75, 3.05) is 19.6 Å². The van der Waals surface area contributed by atoms with Gasteiger partial charge in [-0.25, -0.2) is 4.98 Å². The number of hydrogen-bond donors (Lipinski definition) is 2. The van der Waals surface area contributed by atoms with Crippen molar-refractivity contribution in [3.05, 3.63) is 18.2 Å². The molecule has 1 aliphatic heterocycles. The number of piperazine rings is 1. The van der Waals surface area contributed by atoms with E-state index in [0.29, 0.717) is 13.1 Å². The monoisotopic (exact) mass is 223 g/mol. The van der Waals surface area contributed by atoms with Gasteiger partial charge in [-0.05, 0) is 0 Å². The molecule has 1 amide bonds. The van der Waals surface area contributed by atoms with Crippen molar-refractivity contribution in [2.24, 2.45) is 12.8 Å². The fourth-order valence-corrected chi connectivity index (χ4v) is 1.95. The molecule has 1 saturated heterocycles. The van der Waals surface area contributed by atoms with Crippen LogP contribution in [0.15, 0.2) is 12.4 Å². The smallest absolute Gasteiger partial charge is 0.236 e. The number of primary amides is 1. The number of hydrogen-bond acceptors (Lipinski definition) is 4. The van der Waals surface area contributed by atoms with E-state index in [9.17, 15) is 4.79 Å². The van der Waals surface area contributed by atoms with Crippen molar-refractivity contribution < 1.29 is 4.79 Å². The highest BCUT2D eigenvalue weighted by Crippen LogP contribution is 2.08. The summed E-state index contributed by atoms with van der Waals surface area (Å²) in [6, 6.07) is -0.231. The Labute approximate surface area is 94.4 Å². The van der Waals surface area contributed by atoms with E-state index in [1.807, 2.05) is 17.8 Å². The Morgan fingerprint density at radius 3 is 3.19 bits per heavy atom. The third-order valence-electron chi connectivity index (χ3n) is 2.95. The summed E-state index contributed by atoms with van der Waals surface area (Å²) in [7, 11) is 1.95. The second-order valence-corrected chi connectivity index (χ2v) is 4.05. The first-order chi connectivity index (χ1) is 7.68. The van der Waals surface area contributed by atoms with Gasteiger partial charge in [-0.3, -0.25) is 9.69 Å². The average molecular weight is 223 g/mol. The van der Waals surface area contributed by atoms with Gasteiger partial charge in [0.05, 0.1) is 6.54 Å². The van der Waals surface area contributed by atoms with Gasteiger partial charge >= 0.3 is 0 Å². The summed E-state index contributed by atoms with van der Waals surface area (Å²) in [6.07, 6.45) is 3.66. The minimum Gasteiger partial charge on any atom is -0.368 e. The summed E-state index contributed by atoms with van der Waals surface area (Å²) >= 11 is 0. The number of aryl methyl sites for hydroxylation is 1. The van der Waals surface area contributed by atoms with E-state index in [4.69, 9.17) is 5.73 Å². The number of imidazole rings is 1. The third-order valence-corrected chi connectivity index (χ3v) is 2.95. The Kier molecular flexibility index (Phi) is 3.21. The summed E-state index contributed by atoms with van der Waals surface area (Å²) in [5.41, 5.74) is 5.38. The zero-order valence-corrected chi connectivity index (χ0v) is 9.39. The molecule has 3 N–H and O–H groups in total. The zero-order chi connectivity index (χ0) is 11.5. The Hall–Kier alpha value is -1.40. The van der Waals surface area contributed by atoms with Crippen molar-refractivity contribution in [3.8, 4) is 0 Å². The average Bonchev–Trinajstić information content (AvgIpc) is 2.65. The maximum atomic E-state index is 11.3. The molecule has 0 spiro atoms. The lowest BCUT2D eigenvalue weighted by Crippen LogP contribution is -2.56. The van der Waals surface area contributed by atoms with Gasteiger partial charge in [0.15, 0.2) is 0 Å². The van der Waals surface area contributed by atoms with Crippen molar-refractivity contribution in [1.29, 1.82) is 0 Å². The Morgan fingerprint density at radius 2 is 2.56 bits per heavy atom. The van der Waals surface area contributed by atoms with Crippen LogP contribution in [0.2, 0.25) is 0 Å². The first kappa shape index (κ1) is 11.1. The molecule has 0 aromatic carbocycles. The number of nitrogens with one attached hydrogen (secondary N) is 1. The molecule has 1 aliphatic rings. The second-order valence-electron chi connectivity index (χ2n) is 4.05. The van der Waals surface area contributed by atoms with Crippen LogP contribution >= 0.6 is 0 Å². The van der Waals surface area contributed by atoms with Gasteiger partial charge in [0, 0.05) is 39.1 Å². The van der Waals surface area contributed by atoms with E-state index < -0.39 is 0 Å². The third kappa shape index (κ3) is 2.23. The Bertz CT molecular complexity index is 375. The number of aromatic nitrogens is 2. The summed E-state index contributed by atoms with van der Waals surface area (Å²) in [6.45, 7) is 2.99. The van der Waals surface area contributed by atoms with Crippen LogP contribution in [-0.2, 0) is 18.4 Å². The van der Waals surface area contributed by atoms with Gasteiger partial charge < -0.3 is 15.6 Å². The molecule has 0 saturated carbocycles. The van der Waals surface area contributed by atoms with Gasteiger partial charge in [-0.2, -0.15) is 0 Å². The topological polar surface area (TPSA) is 76.2 Å². The Balaban J connectivity index is 2.07. The van der Waals surface area contributed by atoms with Crippen LogP contribution in [0.4, 0.5) is 0 Å². The number of carbonyl (C=O) groups excluding carboxylic acids is 1. The minimum absolute atomic E-state index is 0.231. The minimum atomic E-state index is -0.276. The molecule has 1 aromatic rings. The predicted molar refractivity (Wildman–Crippen MR) is 59.5 cm³/mol. The molecule has 6 nitrogen and oxygen atoms in total. The van der Waals surface area contributed by atoms with Crippen LogP contribution in [0.1, 0.15) is 5.82 Å². The maximum Gasteiger partial charge on any atom is 0.236 e. The normalized spacial score (nSPS) is 22.2. The van der Waals surface area contributed by atoms with Crippen molar-refractivity contribution in [1.82, 2.24) is 19.8 Å². The van der Waals surface area contributed by atoms with Crippen LogP contribution in [-0.4, -0.2) is 46.0 Å². The number of amides is 1. The lowest BCUT2D eigenvalue weighted by Gasteiger charge is -2.33. The fourth-order valence-electron chi connectivity index (χ4n) is 1.95. The Morgan fingerprint density at radius 1 is 1.75 bits per heavy atom. The predicted octanol–water partition coefficient (Wildman–Crippen LogP) is -1.32. The molecule has 6 heteroatoms. The van der Waals surface area contributed by atoms with Crippen molar-refractivity contribution in [3.63, 3.8) is 0 Å². The molecule has 0 bridgehead atoms. The van der Waals surface area contributed by atoms with Crippen LogP contribution in [0.5, 0.6) is 0 Å². The SMILES string of the molecule is Cn1ccnc1CN1CCNCC1C(N)=O. The van der Waals surface area contributed by atoms with Crippen LogP contribution in [0, 0.1) is 0 Å². The summed E-state index contributed by atoms with van der Waals surface area (Å²) in [4.78, 5) is 17.6. The summed E-state index contributed by atoms with van der Waals surface area (Å²) in [5.74, 6) is 0.676. The number of nitrogens with two attached hydrogens (primary N) is 1. The van der Waals surface area contributed by atoms with E-state index in [1.54, 1.807) is 6.20 Å². The molecule has 1 unspecified atom stereocenters. The summed E-state index contributed by atoms with van der Waals surface area (Å²) < 4.78 is 1.96. The van der Waals surface area contributed by atoms with E-state index in [1.165, 1.54) is 0 Å². The van der Waals surface area contributed by atoms with Gasteiger partial charge in [0.25, 0.3) is 0 Å². The number of carbonyl (C=O) groups is 1. The lowest BCUT2D eigenvalue weighted by atomic mass is 10.2. The van der Waals surface area contributed by atoms with Gasteiger partial charge in [0.1, 0.15) is 11.9 Å². The molecule has 1 fully saturated rings. The van der Waals surface area contributed by atoms with Crippen molar-refractivity contribution >= 4 is 5.91 Å². The standard InChI is InChI=1S/C10H17N5O/c1-14-4-3-13-9(14)7-15-5-2-12-6-8(15)10(11)16/h3-4,8,12H,2,5-7H2,1H3,(H2,11,16). The first-order valence-electron chi connectivity index (χ1n) is 5.39. The molecule has 0 aliphatic carbocycles. The first-order valence-corrected chi connectivity index (χ1v) is 5.39. The molecular formula is C10H17N5O. The van der Waals surface area contributed by atoms with Crippen LogP contribution in [0.3, 0.4) is 0 Å². The lowest BCUT2D eigenvalue weighted by molar-refractivity contribution is -0.124. The molecule has 16 heavy (non-hydrogen) atoms. The molecular weight excluding hydrogens is 206 g/mol. The van der Waals surface area contributed by atoms with Crippen LogP contribution < -0.4 is 11.1 Å². The van der Waals surface area contributed by atoms with E-state index >= 15 is 0 Å². The maximum absolute atomic E-state index is 11.3. The molecule has 1 atom stereocenters. The molecule has 1 aromatic heterocycles. The van der Waals surface area contributed by atoms with Gasteiger partial charge in [-0.1, -0.05) is 0 Å². The molecule has 88 valence electrons.